The Morgan fingerprint density at radius 1 is 1.11 bits per heavy atom. The number of pyridine rings is 1. The van der Waals surface area contributed by atoms with Crippen LogP contribution in [0.5, 0.6) is 5.88 Å². The summed E-state index contributed by atoms with van der Waals surface area (Å²) in [6.07, 6.45) is 2.52. The zero-order chi connectivity index (χ0) is 19.2. The Morgan fingerprint density at radius 2 is 1.85 bits per heavy atom. The molecule has 142 valence electrons. The van der Waals surface area contributed by atoms with Gasteiger partial charge in [-0.05, 0) is 30.2 Å². The Bertz CT molecular complexity index is 828. The fraction of sp³-hybridized carbons (Fsp3) is 0.350. The maximum absolute atomic E-state index is 13.9. The summed E-state index contributed by atoms with van der Waals surface area (Å²) < 4.78 is 19.0. The van der Waals surface area contributed by atoms with E-state index in [1.165, 1.54) is 19.2 Å². The summed E-state index contributed by atoms with van der Waals surface area (Å²) in [6.45, 7) is 1.89. The lowest BCUT2D eigenvalue weighted by molar-refractivity contribution is -0.130. The smallest absolute Gasteiger partial charge is 0.256 e. The summed E-state index contributed by atoms with van der Waals surface area (Å²) in [5, 5.41) is 0. The average molecular weight is 371 g/mol. The van der Waals surface area contributed by atoms with Crippen molar-refractivity contribution in [2.45, 2.75) is 12.8 Å². The summed E-state index contributed by atoms with van der Waals surface area (Å²) >= 11 is 0. The van der Waals surface area contributed by atoms with E-state index in [0.29, 0.717) is 38.5 Å². The van der Waals surface area contributed by atoms with Gasteiger partial charge < -0.3 is 14.5 Å². The number of benzene rings is 1. The molecule has 6 nitrogen and oxygen atoms in total. The van der Waals surface area contributed by atoms with Gasteiger partial charge in [0.15, 0.2) is 0 Å². The number of hydrogen-bond donors (Lipinski definition) is 0. The van der Waals surface area contributed by atoms with Crippen LogP contribution < -0.4 is 4.74 Å². The highest BCUT2D eigenvalue weighted by Gasteiger charge is 2.24. The molecule has 1 aromatic carbocycles. The SMILES string of the molecule is COc1cc(CC(=O)N2CCCN(C(=O)c3ccccc3F)CC2)ccn1. The van der Waals surface area contributed by atoms with E-state index in [9.17, 15) is 14.0 Å². The van der Waals surface area contributed by atoms with E-state index in [1.807, 2.05) is 0 Å². The van der Waals surface area contributed by atoms with Crippen LogP contribution in [0.25, 0.3) is 0 Å². The Labute approximate surface area is 157 Å². The molecule has 2 heterocycles. The van der Waals surface area contributed by atoms with Gasteiger partial charge in [0.05, 0.1) is 19.1 Å². The standard InChI is InChI=1S/C20H22FN3O3/c1-27-18-13-15(7-8-22-18)14-19(25)23-9-4-10-24(12-11-23)20(26)16-5-2-3-6-17(16)21/h2-3,5-8,13H,4,9-12,14H2,1H3. The fourth-order valence-corrected chi connectivity index (χ4v) is 3.13. The molecule has 0 spiro atoms. The molecular weight excluding hydrogens is 349 g/mol. The molecule has 2 amide bonds. The van der Waals surface area contributed by atoms with Crippen molar-refractivity contribution in [2.75, 3.05) is 33.3 Å². The number of carbonyl (C=O) groups excluding carboxylic acids is 2. The van der Waals surface area contributed by atoms with Gasteiger partial charge in [0.1, 0.15) is 5.82 Å². The second-order valence-corrected chi connectivity index (χ2v) is 6.39. The van der Waals surface area contributed by atoms with Crippen molar-refractivity contribution in [3.8, 4) is 5.88 Å². The molecule has 0 aliphatic carbocycles. The first-order valence-corrected chi connectivity index (χ1v) is 8.89. The number of nitrogens with zero attached hydrogens (tertiary/aromatic N) is 3. The molecule has 2 aromatic rings. The molecule has 3 rings (SSSR count). The first-order chi connectivity index (χ1) is 13.1. The van der Waals surface area contributed by atoms with Crippen molar-refractivity contribution in [1.29, 1.82) is 0 Å². The van der Waals surface area contributed by atoms with E-state index in [1.54, 1.807) is 40.3 Å². The Hall–Kier alpha value is -2.96. The number of aromatic nitrogens is 1. The molecule has 0 N–H and O–H groups in total. The van der Waals surface area contributed by atoms with Crippen LogP contribution in [0.4, 0.5) is 4.39 Å². The summed E-state index contributed by atoms with van der Waals surface area (Å²) in [7, 11) is 1.53. The third-order valence-corrected chi connectivity index (χ3v) is 4.60. The second kappa shape index (κ2) is 8.62. The maximum atomic E-state index is 13.9. The van der Waals surface area contributed by atoms with Gasteiger partial charge in [0.2, 0.25) is 11.8 Å². The number of rotatable bonds is 4. The van der Waals surface area contributed by atoms with Crippen LogP contribution in [-0.4, -0.2) is 59.9 Å². The minimum Gasteiger partial charge on any atom is -0.481 e. The molecule has 0 radical (unpaired) electrons. The minimum absolute atomic E-state index is 0.0107. The Morgan fingerprint density at radius 3 is 2.63 bits per heavy atom. The lowest BCUT2D eigenvalue weighted by atomic mass is 10.1. The normalized spacial score (nSPS) is 14.6. The molecule has 1 saturated heterocycles. The topological polar surface area (TPSA) is 62.7 Å². The van der Waals surface area contributed by atoms with Crippen LogP contribution in [0, 0.1) is 5.82 Å². The average Bonchev–Trinajstić information content (AvgIpc) is 2.94. The third-order valence-electron chi connectivity index (χ3n) is 4.60. The van der Waals surface area contributed by atoms with Gasteiger partial charge >= 0.3 is 0 Å². The molecule has 1 aliphatic heterocycles. The lowest BCUT2D eigenvalue weighted by Crippen LogP contribution is -2.38. The molecule has 0 bridgehead atoms. The summed E-state index contributed by atoms with van der Waals surface area (Å²) in [5.41, 5.74) is 0.900. The molecule has 0 atom stereocenters. The van der Waals surface area contributed by atoms with Gasteiger partial charge in [0.25, 0.3) is 5.91 Å². The summed E-state index contributed by atoms with van der Waals surface area (Å²) in [5.74, 6) is -0.395. The van der Waals surface area contributed by atoms with Crippen LogP contribution >= 0.6 is 0 Å². The van der Waals surface area contributed by atoms with Crippen molar-refractivity contribution in [1.82, 2.24) is 14.8 Å². The van der Waals surface area contributed by atoms with Crippen LogP contribution in [-0.2, 0) is 11.2 Å². The number of ether oxygens (including phenoxy) is 1. The number of hydrogen-bond acceptors (Lipinski definition) is 4. The quantitative estimate of drug-likeness (QED) is 0.826. The summed E-state index contributed by atoms with van der Waals surface area (Å²) in [4.78, 5) is 32.6. The van der Waals surface area contributed by atoms with Crippen molar-refractivity contribution < 1.29 is 18.7 Å². The number of amides is 2. The van der Waals surface area contributed by atoms with Gasteiger partial charge in [-0.15, -0.1) is 0 Å². The fourth-order valence-electron chi connectivity index (χ4n) is 3.13. The van der Waals surface area contributed by atoms with Crippen LogP contribution in [0.1, 0.15) is 22.3 Å². The van der Waals surface area contributed by atoms with Gasteiger partial charge in [-0.25, -0.2) is 9.37 Å². The Balaban J connectivity index is 1.61. The second-order valence-electron chi connectivity index (χ2n) is 6.39. The number of carbonyl (C=O) groups is 2. The highest BCUT2D eigenvalue weighted by molar-refractivity contribution is 5.94. The highest BCUT2D eigenvalue weighted by atomic mass is 19.1. The molecule has 1 aliphatic rings. The number of halogens is 1. The van der Waals surface area contributed by atoms with E-state index in [-0.39, 0.29) is 23.8 Å². The predicted molar refractivity (Wildman–Crippen MR) is 98.0 cm³/mol. The zero-order valence-corrected chi connectivity index (χ0v) is 15.2. The molecular formula is C20H22FN3O3. The van der Waals surface area contributed by atoms with Gasteiger partial charge in [0, 0.05) is 38.4 Å². The van der Waals surface area contributed by atoms with Gasteiger partial charge in [-0.2, -0.15) is 0 Å². The van der Waals surface area contributed by atoms with Crippen molar-refractivity contribution >= 4 is 11.8 Å². The predicted octanol–water partition coefficient (Wildman–Crippen LogP) is 2.15. The van der Waals surface area contributed by atoms with E-state index in [4.69, 9.17) is 4.74 Å². The molecule has 7 heteroatoms. The summed E-state index contributed by atoms with van der Waals surface area (Å²) in [6, 6.07) is 9.50. The number of methoxy groups -OCH3 is 1. The van der Waals surface area contributed by atoms with Crippen LogP contribution in [0.15, 0.2) is 42.6 Å². The van der Waals surface area contributed by atoms with Crippen molar-refractivity contribution in [3.63, 3.8) is 0 Å². The first-order valence-electron chi connectivity index (χ1n) is 8.89. The van der Waals surface area contributed by atoms with E-state index >= 15 is 0 Å². The molecule has 1 fully saturated rings. The maximum Gasteiger partial charge on any atom is 0.256 e. The van der Waals surface area contributed by atoms with Crippen molar-refractivity contribution in [3.05, 3.63) is 59.5 Å². The third kappa shape index (κ3) is 4.61. The Kier molecular flexibility index (Phi) is 6.01. The zero-order valence-electron chi connectivity index (χ0n) is 15.2. The van der Waals surface area contributed by atoms with Crippen LogP contribution in [0.3, 0.4) is 0 Å². The molecule has 27 heavy (non-hydrogen) atoms. The van der Waals surface area contributed by atoms with E-state index < -0.39 is 5.82 Å². The van der Waals surface area contributed by atoms with Crippen LogP contribution in [0.2, 0.25) is 0 Å². The van der Waals surface area contributed by atoms with E-state index in [2.05, 4.69) is 4.98 Å². The lowest BCUT2D eigenvalue weighted by Gasteiger charge is -2.22. The minimum atomic E-state index is -0.522. The molecule has 0 unspecified atom stereocenters. The highest BCUT2D eigenvalue weighted by Crippen LogP contribution is 2.14. The van der Waals surface area contributed by atoms with Gasteiger partial charge in [-0.1, -0.05) is 12.1 Å². The van der Waals surface area contributed by atoms with Gasteiger partial charge in [-0.3, -0.25) is 9.59 Å². The van der Waals surface area contributed by atoms with Crippen molar-refractivity contribution in [2.24, 2.45) is 0 Å². The molecule has 0 saturated carbocycles. The largest absolute Gasteiger partial charge is 0.481 e. The van der Waals surface area contributed by atoms with E-state index in [0.717, 1.165) is 5.56 Å². The monoisotopic (exact) mass is 371 g/mol. The molecule has 1 aromatic heterocycles. The first kappa shape index (κ1) is 18.8.